The zero-order valence-electron chi connectivity index (χ0n) is 12.7. The van der Waals surface area contributed by atoms with E-state index >= 15 is 0 Å². The summed E-state index contributed by atoms with van der Waals surface area (Å²) in [4.78, 5) is 26.6. The first kappa shape index (κ1) is 17.2. The van der Waals surface area contributed by atoms with Gasteiger partial charge in [0.15, 0.2) is 0 Å². The maximum atomic E-state index is 11.9. The van der Waals surface area contributed by atoms with Gasteiger partial charge in [-0.25, -0.2) is 4.79 Å². The molecule has 0 aliphatic heterocycles. The summed E-state index contributed by atoms with van der Waals surface area (Å²) in [6, 6.07) is 3.60. The standard InChI is InChI=1S/C15H22ClN3O2S/c1-19(9-12-7-8-13(16)22-12)10-14(20)18-15(21)17-11-5-3-2-4-6-11/h7-8,11H,2-6,9-10H2,1H3,(H2,17,18,20,21). The second-order valence-corrected chi connectivity index (χ2v) is 7.53. The number of thiophene rings is 1. The molecule has 7 heteroatoms. The van der Waals surface area contributed by atoms with Gasteiger partial charge in [-0.05, 0) is 32.0 Å². The molecule has 2 N–H and O–H groups in total. The van der Waals surface area contributed by atoms with Crippen molar-refractivity contribution in [2.75, 3.05) is 13.6 Å². The van der Waals surface area contributed by atoms with Crippen LogP contribution in [-0.4, -0.2) is 36.5 Å². The van der Waals surface area contributed by atoms with Gasteiger partial charge >= 0.3 is 6.03 Å². The lowest BCUT2D eigenvalue weighted by molar-refractivity contribution is -0.120. The molecule has 1 saturated carbocycles. The number of likely N-dealkylation sites (N-methyl/N-ethyl adjacent to an activating group) is 1. The number of nitrogens with one attached hydrogen (secondary N) is 2. The molecular formula is C15H22ClN3O2S. The summed E-state index contributed by atoms with van der Waals surface area (Å²) in [5.41, 5.74) is 0. The monoisotopic (exact) mass is 343 g/mol. The molecule has 0 aromatic carbocycles. The second-order valence-electron chi connectivity index (χ2n) is 5.73. The Hall–Kier alpha value is -1.11. The fourth-order valence-corrected chi connectivity index (χ4v) is 3.81. The van der Waals surface area contributed by atoms with Crippen molar-refractivity contribution in [1.29, 1.82) is 0 Å². The van der Waals surface area contributed by atoms with Crippen LogP contribution in [0.2, 0.25) is 4.34 Å². The SMILES string of the molecule is CN(CC(=O)NC(=O)NC1CCCCC1)Cc1ccc(Cl)s1. The van der Waals surface area contributed by atoms with Gasteiger partial charge in [0, 0.05) is 17.5 Å². The van der Waals surface area contributed by atoms with E-state index in [2.05, 4.69) is 10.6 Å². The molecule has 122 valence electrons. The minimum Gasteiger partial charge on any atom is -0.335 e. The maximum absolute atomic E-state index is 11.9. The number of imide groups is 1. The highest BCUT2D eigenvalue weighted by atomic mass is 35.5. The van der Waals surface area contributed by atoms with Gasteiger partial charge in [0.05, 0.1) is 10.9 Å². The molecule has 0 bridgehead atoms. The Morgan fingerprint density at radius 3 is 2.68 bits per heavy atom. The van der Waals surface area contributed by atoms with E-state index in [0.29, 0.717) is 6.54 Å². The molecule has 3 amide bonds. The van der Waals surface area contributed by atoms with E-state index in [4.69, 9.17) is 11.6 Å². The van der Waals surface area contributed by atoms with Crippen molar-refractivity contribution >= 4 is 34.9 Å². The number of carbonyl (C=O) groups is 2. The molecule has 1 aromatic rings. The number of nitrogens with zero attached hydrogens (tertiary/aromatic N) is 1. The minimum absolute atomic E-state index is 0.174. The lowest BCUT2D eigenvalue weighted by atomic mass is 9.96. The van der Waals surface area contributed by atoms with Gasteiger partial charge in [-0.2, -0.15) is 0 Å². The van der Waals surface area contributed by atoms with E-state index < -0.39 is 0 Å². The van der Waals surface area contributed by atoms with Crippen LogP contribution in [0, 0.1) is 0 Å². The number of halogens is 1. The van der Waals surface area contributed by atoms with Gasteiger partial charge in [0.2, 0.25) is 5.91 Å². The van der Waals surface area contributed by atoms with Crippen LogP contribution in [0.25, 0.3) is 0 Å². The van der Waals surface area contributed by atoms with Crippen molar-refractivity contribution in [3.63, 3.8) is 0 Å². The number of amides is 3. The van der Waals surface area contributed by atoms with Crippen molar-refractivity contribution in [2.45, 2.75) is 44.7 Å². The molecule has 5 nitrogen and oxygen atoms in total. The van der Waals surface area contributed by atoms with E-state index in [1.54, 1.807) is 0 Å². The molecule has 1 aromatic heterocycles. The third kappa shape index (κ3) is 5.94. The van der Waals surface area contributed by atoms with E-state index in [1.165, 1.54) is 17.8 Å². The van der Waals surface area contributed by atoms with Crippen molar-refractivity contribution in [1.82, 2.24) is 15.5 Å². The summed E-state index contributed by atoms with van der Waals surface area (Å²) in [5, 5.41) is 5.27. The fourth-order valence-electron chi connectivity index (χ4n) is 2.64. The van der Waals surface area contributed by atoms with E-state index in [0.717, 1.165) is 34.9 Å². The summed E-state index contributed by atoms with van der Waals surface area (Å²) in [6.07, 6.45) is 5.52. The van der Waals surface area contributed by atoms with Crippen LogP contribution in [0.3, 0.4) is 0 Å². The summed E-state index contributed by atoms with van der Waals surface area (Å²) < 4.78 is 0.736. The van der Waals surface area contributed by atoms with E-state index in [1.807, 2.05) is 24.1 Å². The highest BCUT2D eigenvalue weighted by molar-refractivity contribution is 7.16. The second kappa shape index (κ2) is 8.50. The average Bonchev–Trinajstić information content (AvgIpc) is 2.84. The molecule has 0 radical (unpaired) electrons. The summed E-state index contributed by atoms with van der Waals surface area (Å²) in [7, 11) is 1.84. The molecular weight excluding hydrogens is 322 g/mol. The van der Waals surface area contributed by atoms with Crippen LogP contribution < -0.4 is 10.6 Å². The smallest absolute Gasteiger partial charge is 0.321 e. The lowest BCUT2D eigenvalue weighted by Crippen LogP contribution is -2.47. The van der Waals surface area contributed by atoms with Crippen LogP contribution in [0.4, 0.5) is 4.79 Å². The van der Waals surface area contributed by atoms with Gasteiger partial charge < -0.3 is 5.32 Å². The molecule has 1 aliphatic carbocycles. The van der Waals surface area contributed by atoms with Crippen molar-refractivity contribution < 1.29 is 9.59 Å². The van der Waals surface area contributed by atoms with Gasteiger partial charge in [-0.15, -0.1) is 11.3 Å². The van der Waals surface area contributed by atoms with Gasteiger partial charge in [-0.3, -0.25) is 15.0 Å². The average molecular weight is 344 g/mol. The molecule has 2 rings (SSSR count). The Labute approximate surface area is 140 Å². The fraction of sp³-hybridized carbons (Fsp3) is 0.600. The largest absolute Gasteiger partial charge is 0.335 e. The molecule has 1 aliphatic rings. The Balaban J connectivity index is 1.68. The number of urea groups is 1. The molecule has 0 saturated heterocycles. The Morgan fingerprint density at radius 1 is 1.32 bits per heavy atom. The third-order valence-corrected chi connectivity index (χ3v) is 4.88. The zero-order valence-corrected chi connectivity index (χ0v) is 14.3. The van der Waals surface area contributed by atoms with Crippen LogP contribution >= 0.6 is 22.9 Å². The number of hydrogen-bond acceptors (Lipinski definition) is 4. The maximum Gasteiger partial charge on any atom is 0.321 e. The van der Waals surface area contributed by atoms with Crippen molar-refractivity contribution in [3.8, 4) is 0 Å². The van der Waals surface area contributed by atoms with Gasteiger partial charge in [-0.1, -0.05) is 30.9 Å². The first-order chi connectivity index (χ1) is 10.5. The number of rotatable bonds is 5. The molecule has 1 heterocycles. The minimum atomic E-state index is -0.385. The summed E-state index contributed by atoms with van der Waals surface area (Å²) in [6.45, 7) is 0.808. The predicted molar refractivity (Wildman–Crippen MR) is 89.2 cm³/mol. The summed E-state index contributed by atoms with van der Waals surface area (Å²) in [5.74, 6) is -0.293. The molecule has 0 spiro atoms. The lowest BCUT2D eigenvalue weighted by Gasteiger charge is -2.23. The molecule has 0 unspecified atom stereocenters. The highest BCUT2D eigenvalue weighted by Crippen LogP contribution is 2.22. The number of carbonyl (C=O) groups excluding carboxylic acids is 2. The first-order valence-electron chi connectivity index (χ1n) is 7.56. The van der Waals surface area contributed by atoms with Gasteiger partial charge in [0.25, 0.3) is 0 Å². The van der Waals surface area contributed by atoms with Crippen molar-refractivity contribution in [3.05, 3.63) is 21.3 Å². The normalized spacial score (nSPS) is 15.8. The van der Waals surface area contributed by atoms with E-state index in [-0.39, 0.29) is 24.5 Å². The zero-order chi connectivity index (χ0) is 15.9. The first-order valence-corrected chi connectivity index (χ1v) is 8.75. The van der Waals surface area contributed by atoms with Crippen LogP contribution in [0.1, 0.15) is 37.0 Å². The van der Waals surface area contributed by atoms with Crippen LogP contribution in [0.15, 0.2) is 12.1 Å². The van der Waals surface area contributed by atoms with Crippen molar-refractivity contribution in [2.24, 2.45) is 0 Å². The Bertz CT molecular complexity index is 515. The Kier molecular flexibility index (Phi) is 6.67. The molecule has 22 heavy (non-hydrogen) atoms. The predicted octanol–water partition coefficient (Wildman–Crippen LogP) is 2.99. The topological polar surface area (TPSA) is 61.4 Å². The van der Waals surface area contributed by atoms with E-state index in [9.17, 15) is 9.59 Å². The summed E-state index contributed by atoms with van der Waals surface area (Å²) >= 11 is 7.37. The molecule has 0 atom stereocenters. The van der Waals surface area contributed by atoms with Gasteiger partial charge in [0.1, 0.15) is 0 Å². The van der Waals surface area contributed by atoms with Crippen LogP contribution in [-0.2, 0) is 11.3 Å². The third-order valence-electron chi connectivity index (χ3n) is 3.66. The molecule has 1 fully saturated rings. The quantitative estimate of drug-likeness (QED) is 0.864. The highest BCUT2D eigenvalue weighted by Gasteiger charge is 2.17. The Morgan fingerprint density at radius 2 is 2.05 bits per heavy atom. The van der Waals surface area contributed by atoms with Crippen LogP contribution in [0.5, 0.6) is 0 Å². The number of hydrogen-bond donors (Lipinski definition) is 2.